The molecule has 0 aliphatic rings. The third-order valence-electron chi connectivity index (χ3n) is 3.28. The van der Waals surface area contributed by atoms with Gasteiger partial charge < -0.3 is 0 Å². The van der Waals surface area contributed by atoms with Crippen LogP contribution in [0.15, 0.2) is 30.8 Å². The molecule has 1 rings (SSSR count). The standard InChI is InChI=1S/C17H26/c1-3-5-6-7-8-9-10-11-17-14-12-16(4-2)13-15-17/h4,12-15H,2-3,5-11H2,1H3. The van der Waals surface area contributed by atoms with Gasteiger partial charge in [-0.15, -0.1) is 0 Å². The molecule has 0 aliphatic heterocycles. The van der Waals surface area contributed by atoms with E-state index in [9.17, 15) is 0 Å². The first-order valence-electron chi connectivity index (χ1n) is 7.08. The summed E-state index contributed by atoms with van der Waals surface area (Å²) in [5.74, 6) is 0. The van der Waals surface area contributed by atoms with E-state index in [1.807, 2.05) is 6.08 Å². The van der Waals surface area contributed by atoms with Crippen molar-refractivity contribution >= 4 is 6.08 Å². The summed E-state index contributed by atoms with van der Waals surface area (Å²) in [5, 5.41) is 0. The molecule has 0 N–H and O–H groups in total. The third-order valence-corrected chi connectivity index (χ3v) is 3.28. The smallest absolute Gasteiger partial charge is 0.0262 e. The lowest BCUT2D eigenvalue weighted by molar-refractivity contribution is 0.589. The minimum Gasteiger partial charge on any atom is -0.0985 e. The molecule has 1 aromatic carbocycles. The third kappa shape index (κ3) is 6.31. The average molecular weight is 230 g/mol. The largest absolute Gasteiger partial charge is 0.0985 e. The van der Waals surface area contributed by atoms with E-state index in [0.717, 1.165) is 0 Å². The summed E-state index contributed by atoms with van der Waals surface area (Å²) >= 11 is 0. The van der Waals surface area contributed by atoms with Crippen LogP contribution in [0.1, 0.15) is 63.0 Å². The van der Waals surface area contributed by atoms with Crippen LogP contribution >= 0.6 is 0 Å². The molecule has 0 aliphatic carbocycles. The van der Waals surface area contributed by atoms with Gasteiger partial charge in [0.15, 0.2) is 0 Å². The van der Waals surface area contributed by atoms with Gasteiger partial charge in [0.25, 0.3) is 0 Å². The van der Waals surface area contributed by atoms with Gasteiger partial charge >= 0.3 is 0 Å². The Morgan fingerprint density at radius 1 is 0.882 bits per heavy atom. The van der Waals surface area contributed by atoms with Crippen molar-refractivity contribution in [2.24, 2.45) is 0 Å². The lowest BCUT2D eigenvalue weighted by atomic mass is 10.0. The highest BCUT2D eigenvalue weighted by molar-refractivity contribution is 5.47. The van der Waals surface area contributed by atoms with Crippen molar-refractivity contribution in [1.29, 1.82) is 0 Å². The van der Waals surface area contributed by atoms with E-state index in [1.54, 1.807) is 0 Å². The normalized spacial score (nSPS) is 10.4. The van der Waals surface area contributed by atoms with Gasteiger partial charge in [-0.25, -0.2) is 0 Å². The van der Waals surface area contributed by atoms with Gasteiger partial charge in [0.1, 0.15) is 0 Å². The molecule has 1 aromatic rings. The lowest BCUT2D eigenvalue weighted by Gasteiger charge is -2.03. The van der Waals surface area contributed by atoms with E-state index >= 15 is 0 Å². The van der Waals surface area contributed by atoms with Gasteiger partial charge in [0, 0.05) is 0 Å². The van der Waals surface area contributed by atoms with Crippen molar-refractivity contribution < 1.29 is 0 Å². The fourth-order valence-corrected chi connectivity index (χ4v) is 2.11. The summed E-state index contributed by atoms with van der Waals surface area (Å²) in [7, 11) is 0. The highest BCUT2D eigenvalue weighted by Crippen LogP contribution is 2.11. The topological polar surface area (TPSA) is 0 Å². The molecule has 0 amide bonds. The number of unbranched alkanes of at least 4 members (excludes halogenated alkanes) is 6. The van der Waals surface area contributed by atoms with Crippen LogP contribution in [0, 0.1) is 0 Å². The molecule has 0 aromatic heterocycles. The van der Waals surface area contributed by atoms with Crippen LogP contribution in [0.4, 0.5) is 0 Å². The van der Waals surface area contributed by atoms with E-state index in [1.165, 1.54) is 62.5 Å². The summed E-state index contributed by atoms with van der Waals surface area (Å²) < 4.78 is 0. The Bertz CT molecular complexity index is 294. The molecule has 0 fully saturated rings. The van der Waals surface area contributed by atoms with Crippen molar-refractivity contribution in [3.63, 3.8) is 0 Å². The molecular formula is C17H26. The van der Waals surface area contributed by atoms with Crippen LogP contribution in [-0.2, 0) is 6.42 Å². The van der Waals surface area contributed by atoms with E-state index in [2.05, 4.69) is 37.8 Å². The van der Waals surface area contributed by atoms with Gasteiger partial charge in [0.05, 0.1) is 0 Å². The zero-order valence-corrected chi connectivity index (χ0v) is 11.3. The average Bonchev–Trinajstić information content (AvgIpc) is 2.38. The zero-order valence-electron chi connectivity index (χ0n) is 11.3. The van der Waals surface area contributed by atoms with Gasteiger partial charge in [0.2, 0.25) is 0 Å². The summed E-state index contributed by atoms with van der Waals surface area (Å²) in [6.45, 7) is 6.04. The zero-order chi connectivity index (χ0) is 12.3. The fourth-order valence-electron chi connectivity index (χ4n) is 2.11. The highest BCUT2D eigenvalue weighted by Gasteiger charge is 1.94. The molecule has 0 spiro atoms. The van der Waals surface area contributed by atoms with Crippen LogP contribution in [0.25, 0.3) is 6.08 Å². The van der Waals surface area contributed by atoms with Crippen LogP contribution < -0.4 is 0 Å². The molecule has 94 valence electrons. The first kappa shape index (κ1) is 14.0. The minimum atomic E-state index is 1.22. The van der Waals surface area contributed by atoms with Crippen molar-refractivity contribution in [1.82, 2.24) is 0 Å². The maximum Gasteiger partial charge on any atom is -0.0262 e. The SMILES string of the molecule is C=Cc1ccc(CCCCCCCCC)cc1. The van der Waals surface area contributed by atoms with Crippen LogP contribution in [0.3, 0.4) is 0 Å². The van der Waals surface area contributed by atoms with Crippen molar-refractivity contribution in [3.05, 3.63) is 42.0 Å². The van der Waals surface area contributed by atoms with E-state index in [0.29, 0.717) is 0 Å². The number of aryl methyl sites for hydroxylation is 1. The molecule has 0 saturated carbocycles. The van der Waals surface area contributed by atoms with E-state index in [4.69, 9.17) is 0 Å². The Morgan fingerprint density at radius 3 is 2.06 bits per heavy atom. The van der Waals surface area contributed by atoms with E-state index in [-0.39, 0.29) is 0 Å². The summed E-state index contributed by atoms with van der Waals surface area (Å²) in [4.78, 5) is 0. The van der Waals surface area contributed by atoms with Gasteiger partial charge in [-0.3, -0.25) is 0 Å². The first-order valence-corrected chi connectivity index (χ1v) is 7.08. The second kappa shape index (κ2) is 9.04. The summed E-state index contributed by atoms with van der Waals surface area (Å²) in [5.41, 5.74) is 2.68. The maximum absolute atomic E-state index is 3.77. The first-order chi connectivity index (χ1) is 8.36. The fraction of sp³-hybridized carbons (Fsp3) is 0.529. The van der Waals surface area contributed by atoms with Crippen LogP contribution in [-0.4, -0.2) is 0 Å². The molecule has 0 heterocycles. The predicted octanol–water partition coefficient (Wildman–Crippen LogP) is 5.62. The quantitative estimate of drug-likeness (QED) is 0.483. The molecule has 0 radical (unpaired) electrons. The monoisotopic (exact) mass is 230 g/mol. The number of benzene rings is 1. The Hall–Kier alpha value is -1.04. The minimum absolute atomic E-state index is 1.22. The molecule has 0 saturated heterocycles. The number of rotatable bonds is 9. The predicted molar refractivity (Wildman–Crippen MR) is 78.2 cm³/mol. The Labute approximate surface area is 107 Å². The molecule has 0 unspecified atom stereocenters. The number of hydrogen-bond donors (Lipinski definition) is 0. The van der Waals surface area contributed by atoms with Crippen LogP contribution in [0.5, 0.6) is 0 Å². The Kier molecular flexibility index (Phi) is 7.46. The molecule has 0 bridgehead atoms. The Morgan fingerprint density at radius 2 is 1.47 bits per heavy atom. The Balaban J connectivity index is 2.07. The van der Waals surface area contributed by atoms with Crippen LogP contribution in [0.2, 0.25) is 0 Å². The van der Waals surface area contributed by atoms with Crippen molar-refractivity contribution in [3.8, 4) is 0 Å². The molecule has 0 nitrogen and oxygen atoms in total. The molecule has 17 heavy (non-hydrogen) atoms. The number of hydrogen-bond acceptors (Lipinski definition) is 0. The lowest BCUT2D eigenvalue weighted by Crippen LogP contribution is -1.86. The summed E-state index contributed by atoms with van der Waals surface area (Å²) in [6.07, 6.45) is 12.8. The second-order valence-corrected chi connectivity index (χ2v) is 4.82. The molecule has 0 atom stereocenters. The van der Waals surface area contributed by atoms with Gasteiger partial charge in [-0.1, -0.05) is 82.4 Å². The highest BCUT2D eigenvalue weighted by atomic mass is 14.0. The second-order valence-electron chi connectivity index (χ2n) is 4.82. The van der Waals surface area contributed by atoms with Gasteiger partial charge in [-0.2, -0.15) is 0 Å². The van der Waals surface area contributed by atoms with E-state index < -0.39 is 0 Å². The summed E-state index contributed by atoms with van der Waals surface area (Å²) in [6, 6.07) is 8.77. The molecular weight excluding hydrogens is 204 g/mol. The van der Waals surface area contributed by atoms with Crippen molar-refractivity contribution in [2.45, 2.75) is 58.3 Å². The molecule has 0 heteroatoms. The maximum atomic E-state index is 3.77. The van der Waals surface area contributed by atoms with Gasteiger partial charge in [-0.05, 0) is 24.0 Å². The van der Waals surface area contributed by atoms with Crippen molar-refractivity contribution in [2.75, 3.05) is 0 Å².